The molecule has 0 spiro atoms. The van der Waals surface area contributed by atoms with Crippen LogP contribution in [0.2, 0.25) is 0 Å². The summed E-state index contributed by atoms with van der Waals surface area (Å²) in [4.78, 5) is 24.9. The molecule has 0 aliphatic carbocycles. The maximum absolute atomic E-state index is 12.9. The Balaban J connectivity index is 1.78. The van der Waals surface area contributed by atoms with Crippen LogP contribution in [-0.2, 0) is 19.6 Å². The zero-order valence-corrected chi connectivity index (χ0v) is 18.7. The standard InChI is InChI=1S/C22H27N3O5S/c1-13(2)11-19(25-31(28,29)17-8-5-14(3)6-9-17)22(27)23-16-7-10-20-18(12-16)24-21(26)15(4)30-20/h5-10,12-13,15,19,25H,11H2,1-4H3,(H,23,27)(H,24,26)/t15-,19+/m1/s1. The molecule has 0 aromatic heterocycles. The Labute approximate surface area is 182 Å². The molecule has 0 saturated carbocycles. The van der Waals surface area contributed by atoms with E-state index >= 15 is 0 Å². The molecule has 2 amide bonds. The number of aryl methyl sites for hydroxylation is 1. The number of sulfonamides is 1. The number of rotatable bonds is 7. The first-order valence-electron chi connectivity index (χ1n) is 10.1. The number of hydrogen-bond acceptors (Lipinski definition) is 5. The molecule has 0 radical (unpaired) electrons. The van der Waals surface area contributed by atoms with Crippen molar-refractivity contribution in [2.45, 2.75) is 51.2 Å². The number of carbonyl (C=O) groups excluding carboxylic acids is 2. The molecule has 8 nitrogen and oxygen atoms in total. The van der Waals surface area contributed by atoms with E-state index in [2.05, 4.69) is 15.4 Å². The number of amides is 2. The van der Waals surface area contributed by atoms with Gasteiger partial charge >= 0.3 is 0 Å². The van der Waals surface area contributed by atoms with Gasteiger partial charge in [-0.15, -0.1) is 0 Å². The van der Waals surface area contributed by atoms with Crippen LogP contribution in [0.3, 0.4) is 0 Å². The van der Waals surface area contributed by atoms with Crippen LogP contribution in [0.4, 0.5) is 11.4 Å². The third kappa shape index (κ3) is 5.62. The molecule has 1 aliphatic rings. The van der Waals surface area contributed by atoms with Gasteiger partial charge < -0.3 is 15.4 Å². The molecule has 9 heteroatoms. The quantitative estimate of drug-likeness (QED) is 0.606. The average molecular weight is 446 g/mol. The number of benzene rings is 2. The molecule has 0 fully saturated rings. The lowest BCUT2D eigenvalue weighted by molar-refractivity contribution is -0.122. The van der Waals surface area contributed by atoms with Crippen molar-refractivity contribution in [2.24, 2.45) is 5.92 Å². The molecular weight excluding hydrogens is 418 g/mol. The van der Waals surface area contributed by atoms with E-state index in [-0.39, 0.29) is 16.7 Å². The Morgan fingerprint density at radius 1 is 1.16 bits per heavy atom. The van der Waals surface area contributed by atoms with Crippen LogP contribution in [0.5, 0.6) is 5.75 Å². The van der Waals surface area contributed by atoms with E-state index in [1.54, 1.807) is 37.3 Å². The minimum absolute atomic E-state index is 0.0779. The van der Waals surface area contributed by atoms with Crippen molar-refractivity contribution in [3.63, 3.8) is 0 Å². The Bertz CT molecular complexity index is 1080. The van der Waals surface area contributed by atoms with Gasteiger partial charge in [0.25, 0.3) is 5.91 Å². The van der Waals surface area contributed by atoms with E-state index < -0.39 is 28.1 Å². The summed E-state index contributed by atoms with van der Waals surface area (Å²) < 4.78 is 33.6. The van der Waals surface area contributed by atoms with Crippen molar-refractivity contribution >= 4 is 33.2 Å². The number of ether oxygens (including phenoxy) is 1. The monoisotopic (exact) mass is 445 g/mol. The number of hydrogen-bond donors (Lipinski definition) is 3. The van der Waals surface area contributed by atoms with Crippen LogP contribution in [0.1, 0.15) is 32.8 Å². The fraction of sp³-hybridized carbons (Fsp3) is 0.364. The maximum atomic E-state index is 12.9. The lowest BCUT2D eigenvalue weighted by Crippen LogP contribution is -2.44. The molecule has 0 bridgehead atoms. The molecule has 3 N–H and O–H groups in total. The highest BCUT2D eigenvalue weighted by Gasteiger charge is 2.28. The Morgan fingerprint density at radius 3 is 2.48 bits per heavy atom. The minimum Gasteiger partial charge on any atom is -0.479 e. The van der Waals surface area contributed by atoms with Crippen molar-refractivity contribution in [1.82, 2.24) is 4.72 Å². The second kappa shape index (κ2) is 9.07. The molecule has 2 atom stereocenters. The molecule has 3 rings (SSSR count). The van der Waals surface area contributed by atoms with Gasteiger partial charge in [0.2, 0.25) is 15.9 Å². The number of fused-ring (bicyclic) bond motifs is 1. The third-order valence-corrected chi connectivity index (χ3v) is 6.32. The fourth-order valence-electron chi connectivity index (χ4n) is 3.17. The van der Waals surface area contributed by atoms with Gasteiger partial charge in [-0.05, 0) is 56.5 Å². The molecule has 31 heavy (non-hydrogen) atoms. The maximum Gasteiger partial charge on any atom is 0.265 e. The highest BCUT2D eigenvalue weighted by molar-refractivity contribution is 7.89. The molecule has 2 aromatic rings. The first-order valence-corrected chi connectivity index (χ1v) is 11.5. The normalized spacial score (nSPS) is 16.8. The van der Waals surface area contributed by atoms with E-state index in [1.165, 1.54) is 12.1 Å². The topological polar surface area (TPSA) is 114 Å². The first kappa shape index (κ1) is 22.8. The largest absolute Gasteiger partial charge is 0.479 e. The first-order chi connectivity index (χ1) is 14.5. The van der Waals surface area contributed by atoms with E-state index in [0.29, 0.717) is 23.5 Å². The number of nitrogens with one attached hydrogen (secondary N) is 3. The molecule has 1 heterocycles. The van der Waals surface area contributed by atoms with Crippen LogP contribution in [-0.4, -0.2) is 32.4 Å². The Morgan fingerprint density at radius 2 is 1.84 bits per heavy atom. The SMILES string of the molecule is Cc1ccc(S(=O)(=O)N[C@@H](CC(C)C)C(=O)Nc2ccc3c(c2)NC(=O)[C@@H](C)O3)cc1. The number of carbonyl (C=O) groups is 2. The van der Waals surface area contributed by atoms with Gasteiger partial charge in [-0.25, -0.2) is 8.42 Å². The second-order valence-electron chi connectivity index (χ2n) is 8.07. The van der Waals surface area contributed by atoms with Crippen molar-refractivity contribution in [3.05, 3.63) is 48.0 Å². The Hall–Kier alpha value is -2.91. The molecule has 0 unspecified atom stereocenters. The molecule has 1 aliphatic heterocycles. The second-order valence-corrected chi connectivity index (χ2v) is 9.78. The van der Waals surface area contributed by atoms with Crippen molar-refractivity contribution in [2.75, 3.05) is 10.6 Å². The number of anilines is 2. The zero-order chi connectivity index (χ0) is 22.8. The summed E-state index contributed by atoms with van der Waals surface area (Å²) in [7, 11) is -3.87. The van der Waals surface area contributed by atoms with Crippen LogP contribution in [0, 0.1) is 12.8 Å². The summed E-state index contributed by atoms with van der Waals surface area (Å²) in [6.07, 6.45) is -0.279. The predicted molar refractivity (Wildman–Crippen MR) is 119 cm³/mol. The van der Waals surface area contributed by atoms with Gasteiger partial charge in [-0.1, -0.05) is 31.5 Å². The van der Waals surface area contributed by atoms with Crippen LogP contribution >= 0.6 is 0 Å². The molecule has 0 saturated heterocycles. The van der Waals surface area contributed by atoms with E-state index in [0.717, 1.165) is 5.56 Å². The highest BCUT2D eigenvalue weighted by atomic mass is 32.2. The summed E-state index contributed by atoms with van der Waals surface area (Å²) in [5.74, 6) is -0.182. The lowest BCUT2D eigenvalue weighted by Gasteiger charge is -2.24. The van der Waals surface area contributed by atoms with E-state index in [1.807, 2.05) is 20.8 Å². The molecule has 166 valence electrons. The summed E-state index contributed by atoms with van der Waals surface area (Å²) in [5.41, 5.74) is 1.81. The van der Waals surface area contributed by atoms with Crippen molar-refractivity contribution in [1.29, 1.82) is 0 Å². The minimum atomic E-state index is -3.87. The summed E-state index contributed by atoms with van der Waals surface area (Å²) in [6.45, 7) is 7.33. The van der Waals surface area contributed by atoms with Gasteiger partial charge in [0.1, 0.15) is 11.8 Å². The van der Waals surface area contributed by atoms with Crippen LogP contribution in [0.25, 0.3) is 0 Å². The van der Waals surface area contributed by atoms with Gasteiger partial charge in [0.05, 0.1) is 10.6 Å². The Kier molecular flexibility index (Phi) is 6.66. The molecular formula is C22H27N3O5S. The highest BCUT2D eigenvalue weighted by Crippen LogP contribution is 2.32. The van der Waals surface area contributed by atoms with Gasteiger partial charge in [0.15, 0.2) is 6.10 Å². The third-order valence-electron chi connectivity index (χ3n) is 4.83. The zero-order valence-electron chi connectivity index (χ0n) is 17.9. The van der Waals surface area contributed by atoms with Crippen LogP contribution in [0.15, 0.2) is 47.4 Å². The molecule has 2 aromatic carbocycles. The van der Waals surface area contributed by atoms with E-state index in [9.17, 15) is 18.0 Å². The van der Waals surface area contributed by atoms with Gasteiger partial charge in [-0.2, -0.15) is 4.72 Å². The van der Waals surface area contributed by atoms with Crippen LogP contribution < -0.4 is 20.1 Å². The van der Waals surface area contributed by atoms with Crippen molar-refractivity contribution < 1.29 is 22.7 Å². The summed E-state index contributed by atoms with van der Waals surface area (Å²) in [5, 5.41) is 5.46. The van der Waals surface area contributed by atoms with Gasteiger partial charge in [0, 0.05) is 5.69 Å². The van der Waals surface area contributed by atoms with Crippen molar-refractivity contribution in [3.8, 4) is 5.75 Å². The van der Waals surface area contributed by atoms with Gasteiger partial charge in [-0.3, -0.25) is 9.59 Å². The lowest BCUT2D eigenvalue weighted by atomic mass is 10.0. The summed E-state index contributed by atoms with van der Waals surface area (Å²) in [6, 6.07) is 10.3. The fourth-order valence-corrected chi connectivity index (χ4v) is 4.38. The summed E-state index contributed by atoms with van der Waals surface area (Å²) >= 11 is 0. The average Bonchev–Trinajstić information content (AvgIpc) is 2.68. The van der Waals surface area contributed by atoms with E-state index in [4.69, 9.17) is 4.74 Å². The smallest absolute Gasteiger partial charge is 0.265 e. The predicted octanol–water partition coefficient (Wildman–Crippen LogP) is 3.05.